The van der Waals surface area contributed by atoms with Crippen LogP contribution in [0.4, 0.5) is 9.18 Å². The normalized spacial score (nSPS) is 15.8. The summed E-state index contributed by atoms with van der Waals surface area (Å²) in [4.78, 5) is 26.0. The molecule has 25 heavy (non-hydrogen) atoms. The Morgan fingerprint density at radius 1 is 1.32 bits per heavy atom. The fourth-order valence-corrected chi connectivity index (χ4v) is 3.24. The van der Waals surface area contributed by atoms with E-state index in [4.69, 9.17) is 4.74 Å². The SMILES string of the molecule is CC(C)(C)OC(=O)NCC1CCN(C(=O)c2ccc(F)cc2Br)CC1. The van der Waals surface area contributed by atoms with Crippen LogP contribution >= 0.6 is 15.9 Å². The van der Waals surface area contributed by atoms with Crippen LogP contribution in [0.25, 0.3) is 0 Å². The predicted octanol–water partition coefficient (Wildman–Crippen LogP) is 3.97. The lowest BCUT2D eigenvalue weighted by molar-refractivity contribution is 0.0500. The molecule has 1 heterocycles. The number of piperidine rings is 1. The smallest absolute Gasteiger partial charge is 0.407 e. The van der Waals surface area contributed by atoms with Gasteiger partial charge in [-0.15, -0.1) is 0 Å². The van der Waals surface area contributed by atoms with Gasteiger partial charge in [-0.2, -0.15) is 0 Å². The molecule has 1 aromatic carbocycles. The molecule has 5 nitrogen and oxygen atoms in total. The van der Waals surface area contributed by atoms with Crippen LogP contribution in [0.3, 0.4) is 0 Å². The number of carbonyl (C=O) groups is 2. The molecule has 1 fully saturated rings. The highest BCUT2D eigenvalue weighted by atomic mass is 79.9. The first-order valence-electron chi connectivity index (χ1n) is 8.37. The van der Waals surface area contributed by atoms with Crippen molar-refractivity contribution >= 4 is 27.9 Å². The minimum absolute atomic E-state index is 0.106. The van der Waals surface area contributed by atoms with Gasteiger partial charge in [-0.1, -0.05) is 0 Å². The van der Waals surface area contributed by atoms with Gasteiger partial charge in [-0.05, 0) is 73.7 Å². The molecule has 7 heteroatoms. The molecule has 1 saturated heterocycles. The second kappa shape index (κ2) is 8.17. The molecule has 2 amide bonds. The molecule has 1 aliphatic rings. The zero-order valence-corrected chi connectivity index (χ0v) is 16.4. The molecule has 0 spiro atoms. The summed E-state index contributed by atoms with van der Waals surface area (Å²) < 4.78 is 18.8. The molecule has 138 valence electrons. The average Bonchev–Trinajstić information content (AvgIpc) is 2.51. The zero-order valence-electron chi connectivity index (χ0n) is 14.8. The Kier molecular flexibility index (Phi) is 6.43. The number of benzene rings is 1. The van der Waals surface area contributed by atoms with Crippen molar-refractivity contribution in [1.82, 2.24) is 10.2 Å². The third-order valence-electron chi connectivity index (χ3n) is 4.00. The highest BCUT2D eigenvalue weighted by Gasteiger charge is 2.25. The lowest BCUT2D eigenvalue weighted by Gasteiger charge is -2.32. The molecule has 0 bridgehead atoms. The molecule has 0 unspecified atom stereocenters. The van der Waals surface area contributed by atoms with E-state index in [1.165, 1.54) is 18.2 Å². The number of hydrogen-bond donors (Lipinski definition) is 1. The zero-order chi connectivity index (χ0) is 18.6. The third kappa shape index (κ3) is 5.99. The summed E-state index contributed by atoms with van der Waals surface area (Å²) in [6.45, 7) is 7.24. The number of carbonyl (C=O) groups excluding carboxylic acids is 2. The Hall–Kier alpha value is -1.63. The van der Waals surface area contributed by atoms with E-state index in [-0.39, 0.29) is 11.7 Å². The number of hydrogen-bond acceptors (Lipinski definition) is 3. The summed E-state index contributed by atoms with van der Waals surface area (Å²) >= 11 is 3.24. The first-order chi connectivity index (χ1) is 11.7. The van der Waals surface area contributed by atoms with Crippen LogP contribution in [0.1, 0.15) is 44.0 Å². The number of ether oxygens (including phenoxy) is 1. The van der Waals surface area contributed by atoms with Crippen molar-refractivity contribution in [1.29, 1.82) is 0 Å². The molecule has 0 atom stereocenters. The van der Waals surface area contributed by atoms with E-state index in [0.717, 1.165) is 12.8 Å². The van der Waals surface area contributed by atoms with E-state index in [1.807, 2.05) is 20.8 Å². The number of nitrogens with one attached hydrogen (secondary N) is 1. The van der Waals surface area contributed by atoms with E-state index in [1.54, 1.807) is 4.90 Å². The summed E-state index contributed by atoms with van der Waals surface area (Å²) in [5, 5.41) is 2.79. The summed E-state index contributed by atoms with van der Waals surface area (Å²) in [6, 6.07) is 4.08. The average molecular weight is 415 g/mol. The lowest BCUT2D eigenvalue weighted by atomic mass is 9.96. The van der Waals surface area contributed by atoms with Crippen molar-refractivity contribution in [3.05, 3.63) is 34.1 Å². The summed E-state index contributed by atoms with van der Waals surface area (Å²) in [7, 11) is 0. The van der Waals surface area contributed by atoms with Crippen LogP contribution in [-0.4, -0.2) is 42.1 Å². The van der Waals surface area contributed by atoms with Crippen LogP contribution in [0.5, 0.6) is 0 Å². The Bertz CT molecular complexity index is 638. The summed E-state index contributed by atoms with van der Waals surface area (Å²) in [5.74, 6) is -0.172. The van der Waals surface area contributed by atoms with Crippen molar-refractivity contribution in [2.24, 2.45) is 5.92 Å². The van der Waals surface area contributed by atoms with Crippen molar-refractivity contribution in [2.75, 3.05) is 19.6 Å². The molecule has 0 saturated carbocycles. The van der Waals surface area contributed by atoms with E-state index in [2.05, 4.69) is 21.2 Å². The van der Waals surface area contributed by atoms with Crippen molar-refractivity contribution < 1.29 is 18.7 Å². The molecule has 2 rings (SSSR count). The number of nitrogens with zero attached hydrogens (tertiary/aromatic N) is 1. The molecule has 1 aliphatic heterocycles. The van der Waals surface area contributed by atoms with E-state index < -0.39 is 11.7 Å². The minimum atomic E-state index is -0.511. The van der Waals surface area contributed by atoms with E-state index in [9.17, 15) is 14.0 Å². The van der Waals surface area contributed by atoms with Gasteiger partial charge in [-0.25, -0.2) is 9.18 Å². The monoisotopic (exact) mass is 414 g/mol. The van der Waals surface area contributed by atoms with Gasteiger partial charge in [0.15, 0.2) is 0 Å². The Balaban J connectivity index is 1.81. The summed E-state index contributed by atoms with van der Waals surface area (Å²) in [6.07, 6.45) is 1.20. The maximum absolute atomic E-state index is 13.2. The van der Waals surface area contributed by atoms with Gasteiger partial charge in [-0.3, -0.25) is 4.79 Å². The standard InChI is InChI=1S/C18H24BrFN2O3/c1-18(2,3)25-17(24)21-11-12-6-8-22(9-7-12)16(23)14-5-4-13(20)10-15(14)19/h4-5,10,12H,6-9,11H2,1-3H3,(H,21,24). The van der Waals surface area contributed by atoms with Crippen molar-refractivity contribution in [3.63, 3.8) is 0 Å². The van der Waals surface area contributed by atoms with Gasteiger partial charge >= 0.3 is 6.09 Å². The third-order valence-corrected chi connectivity index (χ3v) is 4.65. The van der Waals surface area contributed by atoms with Crippen LogP contribution in [-0.2, 0) is 4.74 Å². The van der Waals surface area contributed by atoms with Crippen molar-refractivity contribution in [2.45, 2.75) is 39.2 Å². The number of likely N-dealkylation sites (tertiary alicyclic amines) is 1. The second-order valence-electron chi connectivity index (χ2n) is 7.24. The van der Waals surface area contributed by atoms with Gasteiger partial charge in [0, 0.05) is 24.1 Å². The van der Waals surface area contributed by atoms with Gasteiger partial charge < -0.3 is 15.0 Å². The number of alkyl carbamates (subject to hydrolysis) is 1. The van der Waals surface area contributed by atoms with Crippen LogP contribution in [0, 0.1) is 11.7 Å². The number of rotatable bonds is 3. The van der Waals surface area contributed by atoms with Crippen LogP contribution in [0.2, 0.25) is 0 Å². The molecular weight excluding hydrogens is 391 g/mol. The molecule has 0 radical (unpaired) electrons. The Morgan fingerprint density at radius 2 is 1.96 bits per heavy atom. The van der Waals surface area contributed by atoms with Gasteiger partial charge in [0.25, 0.3) is 5.91 Å². The van der Waals surface area contributed by atoms with Gasteiger partial charge in [0.2, 0.25) is 0 Å². The highest BCUT2D eigenvalue weighted by molar-refractivity contribution is 9.10. The molecule has 1 aromatic rings. The van der Waals surface area contributed by atoms with Gasteiger partial charge in [0.05, 0.1) is 5.56 Å². The summed E-state index contributed by atoms with van der Waals surface area (Å²) in [5.41, 5.74) is -0.0469. The van der Waals surface area contributed by atoms with Crippen molar-refractivity contribution in [3.8, 4) is 0 Å². The molecular formula is C18H24BrFN2O3. The highest BCUT2D eigenvalue weighted by Crippen LogP contribution is 2.23. The Morgan fingerprint density at radius 3 is 2.52 bits per heavy atom. The maximum Gasteiger partial charge on any atom is 0.407 e. The quantitative estimate of drug-likeness (QED) is 0.813. The molecule has 1 N–H and O–H groups in total. The van der Waals surface area contributed by atoms with Crippen LogP contribution in [0.15, 0.2) is 22.7 Å². The topological polar surface area (TPSA) is 58.6 Å². The number of halogens is 2. The van der Waals surface area contributed by atoms with E-state index >= 15 is 0 Å². The lowest BCUT2D eigenvalue weighted by Crippen LogP contribution is -2.42. The minimum Gasteiger partial charge on any atom is -0.444 e. The second-order valence-corrected chi connectivity index (χ2v) is 8.10. The maximum atomic E-state index is 13.2. The fraction of sp³-hybridized carbons (Fsp3) is 0.556. The van der Waals surface area contributed by atoms with Crippen LogP contribution < -0.4 is 5.32 Å². The fourth-order valence-electron chi connectivity index (χ4n) is 2.72. The largest absolute Gasteiger partial charge is 0.444 e. The first-order valence-corrected chi connectivity index (χ1v) is 9.16. The number of amides is 2. The van der Waals surface area contributed by atoms with Gasteiger partial charge in [0.1, 0.15) is 11.4 Å². The molecule has 0 aromatic heterocycles. The first kappa shape index (κ1) is 19.7. The molecule has 0 aliphatic carbocycles. The Labute approximate surface area is 156 Å². The predicted molar refractivity (Wildman–Crippen MR) is 97.0 cm³/mol. The van der Waals surface area contributed by atoms with E-state index in [0.29, 0.717) is 35.6 Å².